The van der Waals surface area contributed by atoms with Crippen molar-refractivity contribution in [3.8, 4) is 0 Å². The Morgan fingerprint density at radius 1 is 0.315 bits per heavy atom. The van der Waals surface area contributed by atoms with Gasteiger partial charge in [-0.1, -0.05) is 309 Å². The maximum Gasteiger partial charge on any atom is 0.150 e. The lowest BCUT2D eigenvalue weighted by Gasteiger charge is -2.25. The summed E-state index contributed by atoms with van der Waals surface area (Å²) in [6.45, 7) is 86.2. The SMILES string of the molecule is CC(C)(C)C1CC1.CC(C)(C)C1CCS(=O)(=O)C1.CC(C)(C)c1cc(Cl)ncn1.CC(C)(C)c1ccc2ccccc2n1.CC(C)(C)c1ccccn1.CC(C)(C)c1cccnc1.CC(C)(C)c1ccncc1.CC(C)(C)c1ccncn1.CC(C)(C)c1cnccn1.Cc1cc(C(C)(C)C)nc(C)n1.Cc1ccc(C(C)(C)C)nc1.Cc1cccnc1C(C)(C)C. The third kappa shape index (κ3) is 47.7. The van der Waals surface area contributed by atoms with Crippen LogP contribution in [0.1, 0.15) is 348 Å². The molecule has 1 atom stereocenters. The molecule has 0 radical (unpaired) electrons. The minimum atomic E-state index is -2.68. The van der Waals surface area contributed by atoms with Crippen LogP contribution in [-0.2, 0) is 64.0 Å². The number of aromatic nitrogens is 14. The first-order valence-corrected chi connectivity index (χ1v) is 47.1. The van der Waals surface area contributed by atoms with Crippen LogP contribution < -0.4 is 0 Å². The molecule has 11 aromatic rings. The Labute approximate surface area is 776 Å². The number of aryl methyl sites for hydroxylation is 4. The molecule has 0 amide bonds. The molecule has 1 unspecified atom stereocenters. The molecule has 1 aliphatic heterocycles. The Kier molecular flexibility index (Phi) is 44.6. The zero-order valence-corrected chi connectivity index (χ0v) is 87.7. The maximum absolute atomic E-state index is 11.1. The number of hydrogen-bond acceptors (Lipinski definition) is 16. The summed E-state index contributed by atoms with van der Waals surface area (Å²) in [5.74, 6) is 3.07. The molecule has 127 heavy (non-hydrogen) atoms. The zero-order chi connectivity index (χ0) is 97.2. The number of nitrogens with zero attached hydrogens (tertiary/aromatic N) is 14. The number of halogens is 1. The Bertz CT molecular complexity index is 4720. The second-order valence-electron chi connectivity index (χ2n) is 45.4. The Morgan fingerprint density at radius 3 is 1.15 bits per heavy atom. The number of rotatable bonds is 0. The van der Waals surface area contributed by atoms with E-state index in [0.29, 0.717) is 28.0 Å². The van der Waals surface area contributed by atoms with Crippen LogP contribution in [0.3, 0.4) is 0 Å². The van der Waals surface area contributed by atoms with E-state index in [0.717, 1.165) is 69.2 Å². The van der Waals surface area contributed by atoms with Gasteiger partial charge in [-0.2, -0.15) is 0 Å². The highest BCUT2D eigenvalue weighted by Gasteiger charge is 2.36. The molecule has 13 rings (SSSR count). The van der Waals surface area contributed by atoms with E-state index in [-0.39, 0.29) is 59.6 Å². The van der Waals surface area contributed by atoms with E-state index in [4.69, 9.17) is 11.6 Å². The van der Waals surface area contributed by atoms with E-state index in [1.165, 1.54) is 52.5 Å². The van der Waals surface area contributed by atoms with Crippen molar-refractivity contribution < 1.29 is 8.42 Å². The van der Waals surface area contributed by atoms with E-state index in [2.05, 4.69) is 400 Å². The van der Waals surface area contributed by atoms with Crippen molar-refractivity contribution >= 4 is 32.3 Å². The van der Waals surface area contributed by atoms with E-state index >= 15 is 0 Å². The molecule has 2 fully saturated rings. The smallest absolute Gasteiger partial charge is 0.150 e. The number of hydrogen-bond donors (Lipinski definition) is 0. The van der Waals surface area contributed by atoms with Gasteiger partial charge in [-0.15, -0.1) is 0 Å². The predicted molar refractivity (Wildman–Crippen MR) is 540 cm³/mol. The van der Waals surface area contributed by atoms with Gasteiger partial charge in [0, 0.05) is 157 Å². The van der Waals surface area contributed by atoms with Crippen molar-refractivity contribution in [3.63, 3.8) is 0 Å². The summed E-state index contributed by atoms with van der Waals surface area (Å²) in [6.07, 6.45) is 26.9. The van der Waals surface area contributed by atoms with Crippen LogP contribution in [0.2, 0.25) is 5.15 Å². The lowest BCUT2D eigenvalue weighted by atomic mass is 9.81. The van der Waals surface area contributed by atoms with E-state index in [9.17, 15) is 8.42 Å². The first-order valence-electron chi connectivity index (χ1n) is 44.9. The van der Waals surface area contributed by atoms with Gasteiger partial charge in [0.2, 0.25) is 0 Å². The fourth-order valence-electron chi connectivity index (χ4n) is 11.8. The quantitative estimate of drug-likeness (QED) is 0.129. The molecule has 2 aliphatic rings. The van der Waals surface area contributed by atoms with Gasteiger partial charge in [0.1, 0.15) is 23.6 Å². The number of pyridine rings is 6. The molecular formula is C109H165ClN14O2S. The minimum absolute atomic E-state index is 0.0482. The highest BCUT2D eigenvalue weighted by molar-refractivity contribution is 7.91. The fourth-order valence-corrected chi connectivity index (χ4v) is 14.1. The molecule has 1 aromatic carbocycles. The largest absolute Gasteiger partial charge is 0.265 e. The van der Waals surface area contributed by atoms with Gasteiger partial charge in [-0.3, -0.25) is 39.9 Å². The second-order valence-corrected chi connectivity index (χ2v) is 48.0. The van der Waals surface area contributed by atoms with Crippen LogP contribution in [0.15, 0.2) is 202 Å². The summed E-state index contributed by atoms with van der Waals surface area (Å²) in [5.41, 5.74) is 18.5. The van der Waals surface area contributed by atoms with Crippen LogP contribution in [0.4, 0.5) is 0 Å². The van der Waals surface area contributed by atoms with Gasteiger partial charge in [0.15, 0.2) is 9.84 Å². The van der Waals surface area contributed by atoms with Gasteiger partial charge >= 0.3 is 0 Å². The number of sulfone groups is 1. The standard InChI is InChI=1S/C13H15N.C10H16N2.2C10H15N.3C9H13N.C8H11ClN2.2C8H12N2.C8H16O2S.C7H14/c1-13(2,3)12-9-8-10-6-4-5-7-11(10)14-12;1-7-6-9(10(3,4)5)12-8(2)11-7;1-8-5-6-9(11-7-8)10(2,3)4;1-8-6-5-7-11-9(8)10(2,3)4;1-9(2,3)8-4-6-10-7-5-8;1-9(2,3)8-5-4-6-10-7-8;1-9(2,3)8-6-4-5-7-10-8;1-8(2,3)6-4-7(9)11-5-10-6;1-8(2,3)7-6-9-4-5-10-7;1-8(2,3)7-4-5-9-6-10-7;1-8(2,3)7-4-5-11(9,10)6-7;1-7(2,3)6-4-5-6/h4-9H,1-3H3;6H,1-5H3;2*5-7H,1-4H3;3*4-7H,1-3H3;4-5H,1-3H3;2*4-6H,1-3H3;7H,4-6H2,1-3H3;6H,4-5H2,1-3H3. The van der Waals surface area contributed by atoms with E-state index in [1.807, 2.05) is 99.6 Å². The number of fused-ring (bicyclic) bond motifs is 1. The molecule has 16 nitrogen and oxygen atoms in total. The van der Waals surface area contributed by atoms with Crippen molar-refractivity contribution in [3.05, 3.63) is 287 Å². The normalized spacial score (nSPS) is 13.9. The van der Waals surface area contributed by atoms with Gasteiger partial charge in [0.25, 0.3) is 0 Å². The predicted octanol–water partition coefficient (Wildman–Crippen LogP) is 28.3. The summed E-state index contributed by atoms with van der Waals surface area (Å²) in [6, 6.07) is 40.7. The van der Waals surface area contributed by atoms with Crippen molar-refractivity contribution in [1.82, 2.24) is 69.8 Å². The fraction of sp³-hybridized carbons (Fsp3) is 0.541. The van der Waals surface area contributed by atoms with Crippen molar-refractivity contribution in [1.29, 1.82) is 0 Å². The van der Waals surface area contributed by atoms with Crippen molar-refractivity contribution in [2.45, 2.75) is 350 Å². The summed E-state index contributed by atoms with van der Waals surface area (Å²) >= 11 is 5.70. The summed E-state index contributed by atoms with van der Waals surface area (Å²) in [4.78, 5) is 58.3. The van der Waals surface area contributed by atoms with E-state index in [1.54, 1.807) is 43.4 Å². The third-order valence-electron chi connectivity index (χ3n) is 20.4. The lowest BCUT2D eigenvalue weighted by molar-refractivity contribution is 0.268. The molecule has 0 N–H and O–H groups in total. The third-order valence-corrected chi connectivity index (χ3v) is 22.3. The van der Waals surface area contributed by atoms with Gasteiger partial charge in [-0.05, 0) is 176 Å². The molecule has 18 heteroatoms. The Hall–Kier alpha value is -9.06. The summed E-state index contributed by atoms with van der Waals surface area (Å²) in [7, 11) is -2.68. The van der Waals surface area contributed by atoms with Crippen LogP contribution in [0.5, 0.6) is 0 Å². The minimum Gasteiger partial charge on any atom is -0.265 e. The molecule has 1 saturated carbocycles. The number of benzene rings is 1. The average Bonchev–Trinajstić information content (AvgIpc) is 1.50. The zero-order valence-electron chi connectivity index (χ0n) is 86.1. The van der Waals surface area contributed by atoms with Crippen molar-refractivity contribution in [2.75, 3.05) is 11.5 Å². The molecule has 11 heterocycles. The maximum atomic E-state index is 11.1. The summed E-state index contributed by atoms with van der Waals surface area (Å²) < 4.78 is 22.2. The highest BCUT2D eigenvalue weighted by Crippen LogP contribution is 2.44. The molecule has 10 aromatic heterocycles. The van der Waals surface area contributed by atoms with Crippen molar-refractivity contribution in [2.24, 2.45) is 22.7 Å². The van der Waals surface area contributed by atoms with Crippen LogP contribution in [-0.4, -0.2) is 89.7 Å². The molecule has 0 bridgehead atoms. The van der Waals surface area contributed by atoms with Gasteiger partial charge in [0.05, 0.1) is 28.4 Å². The molecule has 696 valence electrons. The summed E-state index contributed by atoms with van der Waals surface area (Å²) in [5, 5.41) is 1.71. The first kappa shape index (κ1) is 114. The topological polar surface area (TPSA) is 215 Å². The average molecular weight is 1770 g/mol. The first-order chi connectivity index (χ1) is 57.9. The van der Waals surface area contributed by atoms with Crippen LogP contribution in [0, 0.1) is 50.4 Å². The van der Waals surface area contributed by atoms with Gasteiger partial charge in [-0.25, -0.2) is 38.3 Å². The number of para-hydroxylation sites is 1. The monoisotopic (exact) mass is 1770 g/mol. The Morgan fingerprint density at radius 2 is 0.803 bits per heavy atom. The molecule has 1 saturated heterocycles. The van der Waals surface area contributed by atoms with Gasteiger partial charge < -0.3 is 0 Å². The van der Waals surface area contributed by atoms with Crippen LogP contribution in [0.25, 0.3) is 10.9 Å². The van der Waals surface area contributed by atoms with E-state index < -0.39 is 9.84 Å². The Balaban J connectivity index is 0.000000470. The highest BCUT2D eigenvalue weighted by atomic mass is 35.5. The van der Waals surface area contributed by atoms with Crippen LogP contribution >= 0.6 is 11.6 Å². The molecular weight excluding hydrogens is 1600 g/mol. The lowest BCUT2D eigenvalue weighted by Crippen LogP contribution is -2.21. The molecule has 0 spiro atoms. The molecule has 1 aliphatic carbocycles. The second kappa shape index (κ2) is 49.6.